The predicted molar refractivity (Wildman–Crippen MR) is 80.2 cm³/mol. The number of ether oxygens (including phenoxy) is 1. The van der Waals surface area contributed by atoms with Crippen molar-refractivity contribution < 1.29 is 19.4 Å². The highest BCUT2D eigenvalue weighted by Gasteiger charge is 2.30. The summed E-state index contributed by atoms with van der Waals surface area (Å²) in [5, 5.41) is 11.6. The number of amides is 2. The average molecular weight is 300 g/mol. The molecule has 6 nitrogen and oxygen atoms in total. The zero-order valence-electron chi connectivity index (χ0n) is 13.3. The van der Waals surface area contributed by atoms with Crippen molar-refractivity contribution in [1.82, 2.24) is 10.2 Å². The Morgan fingerprint density at radius 3 is 2.67 bits per heavy atom. The number of rotatable bonds is 8. The molecule has 2 N–H and O–H groups in total. The number of hydrogen-bond acceptors (Lipinski definition) is 3. The Kier molecular flexibility index (Phi) is 7.50. The number of carbonyl (C=O) groups excluding carboxylic acids is 1. The van der Waals surface area contributed by atoms with Gasteiger partial charge in [-0.05, 0) is 32.1 Å². The predicted octanol–water partition coefficient (Wildman–Crippen LogP) is 2.09. The van der Waals surface area contributed by atoms with Crippen LogP contribution in [0.25, 0.3) is 0 Å². The molecule has 0 bridgehead atoms. The molecular formula is C15H28N2O4. The van der Waals surface area contributed by atoms with Gasteiger partial charge in [0.05, 0.1) is 12.1 Å². The molecule has 1 aliphatic rings. The minimum Gasteiger partial charge on any atom is -0.481 e. The van der Waals surface area contributed by atoms with Crippen LogP contribution in [0.5, 0.6) is 0 Å². The van der Waals surface area contributed by atoms with Crippen molar-refractivity contribution in [3.8, 4) is 0 Å². The first-order valence-corrected chi connectivity index (χ1v) is 7.79. The van der Waals surface area contributed by atoms with Gasteiger partial charge >= 0.3 is 12.0 Å². The molecule has 0 aromatic rings. The molecule has 2 amide bonds. The first-order valence-electron chi connectivity index (χ1n) is 7.79. The lowest BCUT2D eigenvalue weighted by Gasteiger charge is -2.27. The second-order valence-corrected chi connectivity index (χ2v) is 5.77. The number of carboxylic acids is 1. The smallest absolute Gasteiger partial charge is 0.317 e. The molecule has 122 valence electrons. The van der Waals surface area contributed by atoms with Crippen molar-refractivity contribution >= 4 is 12.0 Å². The quantitative estimate of drug-likeness (QED) is 0.719. The lowest BCUT2D eigenvalue weighted by molar-refractivity contribution is -0.137. The molecule has 1 fully saturated rings. The molecule has 1 saturated heterocycles. The number of hydrogen-bond donors (Lipinski definition) is 2. The van der Waals surface area contributed by atoms with E-state index in [1.807, 2.05) is 6.92 Å². The summed E-state index contributed by atoms with van der Waals surface area (Å²) in [6.07, 6.45) is 3.59. The van der Waals surface area contributed by atoms with E-state index >= 15 is 0 Å². The van der Waals surface area contributed by atoms with Crippen LogP contribution in [0, 0.1) is 5.92 Å². The molecule has 3 unspecified atom stereocenters. The third-order valence-electron chi connectivity index (χ3n) is 4.33. The normalized spacial score (nSPS) is 22.8. The minimum absolute atomic E-state index is 0.0783. The lowest BCUT2D eigenvalue weighted by atomic mass is 9.97. The van der Waals surface area contributed by atoms with E-state index in [1.165, 1.54) is 0 Å². The van der Waals surface area contributed by atoms with Crippen molar-refractivity contribution in [1.29, 1.82) is 0 Å². The highest BCUT2D eigenvalue weighted by atomic mass is 16.5. The van der Waals surface area contributed by atoms with Crippen molar-refractivity contribution in [2.24, 2.45) is 5.92 Å². The minimum atomic E-state index is -0.757. The number of nitrogens with zero attached hydrogens (tertiary/aromatic N) is 1. The van der Waals surface area contributed by atoms with Gasteiger partial charge in [0.15, 0.2) is 0 Å². The molecule has 6 heteroatoms. The average Bonchev–Trinajstić information content (AvgIpc) is 2.87. The van der Waals surface area contributed by atoms with Crippen LogP contribution in [-0.2, 0) is 9.53 Å². The van der Waals surface area contributed by atoms with Gasteiger partial charge in [0, 0.05) is 26.6 Å². The van der Waals surface area contributed by atoms with Crippen LogP contribution in [0.1, 0.15) is 46.0 Å². The zero-order valence-corrected chi connectivity index (χ0v) is 13.3. The third-order valence-corrected chi connectivity index (χ3v) is 4.33. The Balaban J connectivity index is 2.26. The summed E-state index contributed by atoms with van der Waals surface area (Å²) in [5.41, 5.74) is 0. The molecular weight excluding hydrogens is 272 g/mol. The summed E-state index contributed by atoms with van der Waals surface area (Å²) in [5.74, 6) is -0.409. The van der Waals surface area contributed by atoms with Crippen molar-refractivity contribution in [2.75, 3.05) is 20.2 Å². The summed E-state index contributed by atoms with van der Waals surface area (Å²) in [6.45, 7) is 5.33. The van der Waals surface area contributed by atoms with Crippen molar-refractivity contribution in [2.45, 2.75) is 58.1 Å². The maximum atomic E-state index is 12.1. The summed E-state index contributed by atoms with van der Waals surface area (Å²) >= 11 is 0. The van der Waals surface area contributed by atoms with Crippen molar-refractivity contribution in [3.05, 3.63) is 0 Å². The second-order valence-electron chi connectivity index (χ2n) is 5.77. The van der Waals surface area contributed by atoms with Crippen LogP contribution >= 0.6 is 0 Å². The van der Waals surface area contributed by atoms with Gasteiger partial charge in [0.1, 0.15) is 0 Å². The highest BCUT2D eigenvalue weighted by molar-refractivity contribution is 5.74. The fourth-order valence-corrected chi connectivity index (χ4v) is 2.77. The number of likely N-dealkylation sites (N-methyl/N-ethyl adjacent to an activating group) is 1. The largest absolute Gasteiger partial charge is 0.481 e. The van der Waals surface area contributed by atoms with Crippen LogP contribution in [0.2, 0.25) is 0 Å². The van der Waals surface area contributed by atoms with Crippen LogP contribution in [0.4, 0.5) is 4.79 Å². The molecule has 1 heterocycles. The first-order chi connectivity index (χ1) is 9.95. The van der Waals surface area contributed by atoms with Gasteiger partial charge in [-0.3, -0.25) is 4.79 Å². The topological polar surface area (TPSA) is 78.9 Å². The van der Waals surface area contributed by atoms with E-state index in [0.29, 0.717) is 25.5 Å². The van der Waals surface area contributed by atoms with Gasteiger partial charge < -0.3 is 20.1 Å². The van der Waals surface area contributed by atoms with E-state index in [-0.39, 0.29) is 24.6 Å². The molecule has 1 aliphatic heterocycles. The van der Waals surface area contributed by atoms with Gasteiger partial charge in [0.2, 0.25) is 0 Å². The fourth-order valence-electron chi connectivity index (χ4n) is 2.77. The summed E-state index contributed by atoms with van der Waals surface area (Å²) < 4.78 is 5.47. The number of aliphatic carboxylic acids is 1. The number of nitrogens with one attached hydrogen (secondary N) is 1. The first kappa shape index (κ1) is 17.8. The molecule has 0 saturated carbocycles. The number of carboxylic acid groups (broad SMARTS) is 1. The Bertz CT molecular complexity index is 349. The van der Waals surface area contributed by atoms with Crippen LogP contribution in [0.15, 0.2) is 0 Å². The standard InChI is InChI=1S/C15H28N2O4/c1-4-12(5-6-14(18)19)7-9-16-15(20)17(3)13-8-10-21-11(13)2/h11-13H,4-10H2,1-3H3,(H,16,20)(H,18,19). The zero-order chi connectivity index (χ0) is 15.8. The van der Waals surface area contributed by atoms with Gasteiger partial charge in [-0.15, -0.1) is 0 Å². The van der Waals surface area contributed by atoms with Crippen molar-refractivity contribution in [3.63, 3.8) is 0 Å². The summed E-state index contributed by atoms with van der Waals surface area (Å²) in [7, 11) is 1.80. The van der Waals surface area contributed by atoms with Crippen LogP contribution in [-0.4, -0.2) is 54.4 Å². The van der Waals surface area contributed by atoms with E-state index in [2.05, 4.69) is 12.2 Å². The molecule has 0 aromatic heterocycles. The van der Waals surface area contributed by atoms with Crippen LogP contribution < -0.4 is 5.32 Å². The Morgan fingerprint density at radius 1 is 1.43 bits per heavy atom. The molecule has 0 aromatic carbocycles. The molecule has 21 heavy (non-hydrogen) atoms. The Hall–Kier alpha value is -1.30. The van der Waals surface area contributed by atoms with E-state index in [9.17, 15) is 9.59 Å². The monoisotopic (exact) mass is 300 g/mol. The fraction of sp³-hybridized carbons (Fsp3) is 0.867. The third kappa shape index (κ3) is 5.91. The maximum absolute atomic E-state index is 12.1. The van der Waals surface area contributed by atoms with E-state index in [0.717, 1.165) is 19.3 Å². The van der Waals surface area contributed by atoms with Gasteiger partial charge in [-0.25, -0.2) is 4.79 Å². The van der Waals surface area contributed by atoms with E-state index in [4.69, 9.17) is 9.84 Å². The van der Waals surface area contributed by atoms with E-state index < -0.39 is 5.97 Å². The summed E-state index contributed by atoms with van der Waals surface area (Å²) in [6, 6.07) is 0.0596. The number of urea groups is 1. The maximum Gasteiger partial charge on any atom is 0.317 e. The second kappa shape index (κ2) is 8.87. The van der Waals surface area contributed by atoms with Crippen LogP contribution in [0.3, 0.4) is 0 Å². The molecule has 0 aliphatic carbocycles. The highest BCUT2D eigenvalue weighted by Crippen LogP contribution is 2.18. The molecule has 0 spiro atoms. The summed E-state index contributed by atoms with van der Waals surface area (Å²) in [4.78, 5) is 24.4. The lowest BCUT2D eigenvalue weighted by Crippen LogP contribution is -2.46. The molecule has 0 radical (unpaired) electrons. The Morgan fingerprint density at radius 2 is 2.14 bits per heavy atom. The van der Waals surface area contributed by atoms with Gasteiger partial charge in [0.25, 0.3) is 0 Å². The molecule has 3 atom stereocenters. The Labute approximate surface area is 126 Å². The molecule has 1 rings (SSSR count). The SMILES string of the molecule is CCC(CCNC(=O)N(C)C1CCOC1C)CCC(=O)O. The van der Waals surface area contributed by atoms with E-state index in [1.54, 1.807) is 11.9 Å². The number of carbonyl (C=O) groups is 2. The van der Waals surface area contributed by atoms with Gasteiger partial charge in [-0.1, -0.05) is 13.3 Å². The van der Waals surface area contributed by atoms with Gasteiger partial charge in [-0.2, -0.15) is 0 Å².